The molecule has 1 unspecified atom stereocenters. The van der Waals surface area contributed by atoms with Gasteiger partial charge in [0.15, 0.2) is 0 Å². The van der Waals surface area contributed by atoms with Gasteiger partial charge in [0.25, 0.3) is 0 Å². The Morgan fingerprint density at radius 1 is 1.18 bits per heavy atom. The van der Waals surface area contributed by atoms with Gasteiger partial charge in [-0.05, 0) is 13.0 Å². The van der Waals surface area contributed by atoms with E-state index in [1.165, 1.54) is 0 Å². The standard InChI is InChI=1S/C25H27N7O2/c1-16-13-32(10-9-26-16)25(33)29-21-11-18-20(12-22(21)34-3)27-15-28-24(18)19-14-31(2)30-23(19)17-7-5-4-6-8-17/h4-8,11-12,14-16,26H,9-10,13H2,1-3H3,(H,29,33). The predicted molar refractivity (Wildman–Crippen MR) is 132 cm³/mol. The number of anilines is 1. The monoisotopic (exact) mass is 457 g/mol. The molecule has 4 aromatic rings. The van der Waals surface area contributed by atoms with Crippen LogP contribution in [-0.4, -0.2) is 63.5 Å². The number of aromatic nitrogens is 4. The summed E-state index contributed by atoms with van der Waals surface area (Å²) in [7, 11) is 3.48. The van der Waals surface area contributed by atoms with Crippen LogP contribution < -0.4 is 15.4 Å². The molecule has 1 aliphatic heterocycles. The summed E-state index contributed by atoms with van der Waals surface area (Å²) < 4.78 is 7.36. The van der Waals surface area contributed by atoms with Crippen molar-refractivity contribution < 1.29 is 9.53 Å². The second-order valence-corrected chi connectivity index (χ2v) is 8.45. The van der Waals surface area contributed by atoms with Crippen molar-refractivity contribution in [2.75, 3.05) is 32.1 Å². The summed E-state index contributed by atoms with van der Waals surface area (Å²) in [6.07, 6.45) is 3.49. The lowest BCUT2D eigenvalue weighted by atomic mass is 10.0. The van der Waals surface area contributed by atoms with Crippen molar-refractivity contribution in [3.8, 4) is 28.3 Å². The van der Waals surface area contributed by atoms with E-state index in [9.17, 15) is 4.79 Å². The third-order valence-electron chi connectivity index (χ3n) is 5.99. The molecule has 2 amide bonds. The average Bonchev–Trinajstić information content (AvgIpc) is 3.25. The minimum absolute atomic E-state index is 0.157. The first-order valence-electron chi connectivity index (χ1n) is 11.2. The molecule has 5 rings (SSSR count). The molecule has 3 heterocycles. The van der Waals surface area contributed by atoms with Crippen molar-refractivity contribution >= 4 is 22.6 Å². The lowest BCUT2D eigenvalue weighted by molar-refractivity contribution is 0.192. The highest BCUT2D eigenvalue weighted by molar-refractivity contribution is 6.01. The van der Waals surface area contributed by atoms with E-state index in [1.807, 2.05) is 60.6 Å². The molecule has 9 heteroatoms. The van der Waals surface area contributed by atoms with Gasteiger partial charge >= 0.3 is 6.03 Å². The Bertz CT molecular complexity index is 1340. The third kappa shape index (κ3) is 4.17. The molecule has 0 bridgehead atoms. The average molecular weight is 458 g/mol. The number of amides is 2. The number of fused-ring (bicyclic) bond motifs is 1. The van der Waals surface area contributed by atoms with Crippen LogP contribution in [-0.2, 0) is 7.05 Å². The zero-order valence-electron chi connectivity index (χ0n) is 19.4. The van der Waals surface area contributed by atoms with Crippen LogP contribution in [0.25, 0.3) is 33.4 Å². The summed E-state index contributed by atoms with van der Waals surface area (Å²) in [5.74, 6) is 0.545. The highest BCUT2D eigenvalue weighted by Gasteiger charge is 2.23. The number of carbonyl (C=O) groups excluding carboxylic acids is 1. The van der Waals surface area contributed by atoms with Gasteiger partial charge in [0.2, 0.25) is 0 Å². The largest absolute Gasteiger partial charge is 0.494 e. The minimum Gasteiger partial charge on any atom is -0.494 e. The molecule has 0 spiro atoms. The molecular weight excluding hydrogens is 430 g/mol. The van der Waals surface area contributed by atoms with E-state index in [1.54, 1.807) is 18.1 Å². The molecule has 1 aliphatic rings. The van der Waals surface area contributed by atoms with Gasteiger partial charge in [-0.1, -0.05) is 30.3 Å². The number of nitrogens with one attached hydrogen (secondary N) is 2. The zero-order valence-corrected chi connectivity index (χ0v) is 19.4. The lowest BCUT2D eigenvalue weighted by Crippen LogP contribution is -2.52. The van der Waals surface area contributed by atoms with E-state index in [0.29, 0.717) is 24.5 Å². The second kappa shape index (κ2) is 9.11. The maximum atomic E-state index is 13.0. The predicted octanol–water partition coefficient (Wildman–Crippen LogP) is 3.53. The molecule has 0 radical (unpaired) electrons. The summed E-state index contributed by atoms with van der Waals surface area (Å²) >= 11 is 0. The number of aryl methyl sites for hydroxylation is 1. The summed E-state index contributed by atoms with van der Waals surface area (Å²) in [6.45, 7) is 4.13. The van der Waals surface area contributed by atoms with Crippen LogP contribution in [0.5, 0.6) is 5.75 Å². The minimum atomic E-state index is -0.157. The van der Waals surface area contributed by atoms with Gasteiger partial charge in [-0.25, -0.2) is 14.8 Å². The SMILES string of the molecule is COc1cc2ncnc(-c3cn(C)nc3-c3ccccc3)c2cc1NC(=O)N1CCNC(C)C1. The Hall–Kier alpha value is -3.98. The van der Waals surface area contributed by atoms with Crippen LogP contribution in [0.15, 0.2) is 55.0 Å². The van der Waals surface area contributed by atoms with Crippen LogP contribution in [0.2, 0.25) is 0 Å². The molecule has 34 heavy (non-hydrogen) atoms. The van der Waals surface area contributed by atoms with Crippen LogP contribution in [0, 0.1) is 0 Å². The number of hydrogen-bond acceptors (Lipinski definition) is 6. The molecular formula is C25H27N7O2. The summed E-state index contributed by atoms with van der Waals surface area (Å²) in [5, 5.41) is 11.9. The molecule has 2 aromatic heterocycles. The van der Waals surface area contributed by atoms with Gasteiger partial charge in [0.05, 0.1) is 24.0 Å². The third-order valence-corrected chi connectivity index (χ3v) is 5.99. The van der Waals surface area contributed by atoms with Gasteiger partial charge in [-0.15, -0.1) is 0 Å². The van der Waals surface area contributed by atoms with Crippen molar-refractivity contribution in [3.05, 3.63) is 55.0 Å². The molecule has 174 valence electrons. The molecule has 0 aliphatic carbocycles. The number of hydrogen-bond donors (Lipinski definition) is 2. The van der Waals surface area contributed by atoms with Crippen molar-refractivity contribution in [1.82, 2.24) is 30.0 Å². The quantitative estimate of drug-likeness (QED) is 0.487. The van der Waals surface area contributed by atoms with E-state index in [-0.39, 0.29) is 12.1 Å². The van der Waals surface area contributed by atoms with Crippen molar-refractivity contribution in [2.24, 2.45) is 7.05 Å². The second-order valence-electron chi connectivity index (χ2n) is 8.45. The molecule has 9 nitrogen and oxygen atoms in total. The van der Waals surface area contributed by atoms with Crippen molar-refractivity contribution in [1.29, 1.82) is 0 Å². The first-order valence-corrected chi connectivity index (χ1v) is 11.2. The van der Waals surface area contributed by atoms with E-state index in [4.69, 9.17) is 4.74 Å². The maximum absolute atomic E-state index is 13.0. The van der Waals surface area contributed by atoms with Gasteiger partial charge in [0.1, 0.15) is 17.8 Å². The van der Waals surface area contributed by atoms with Gasteiger partial charge < -0.3 is 20.3 Å². The number of nitrogens with zero attached hydrogens (tertiary/aromatic N) is 5. The Labute approximate surface area is 197 Å². The molecule has 0 saturated carbocycles. The zero-order chi connectivity index (χ0) is 23.7. The smallest absolute Gasteiger partial charge is 0.322 e. The molecule has 2 aromatic carbocycles. The Balaban J connectivity index is 1.59. The molecule has 1 fully saturated rings. The van der Waals surface area contributed by atoms with Crippen molar-refractivity contribution in [2.45, 2.75) is 13.0 Å². The first-order chi connectivity index (χ1) is 16.5. The van der Waals surface area contributed by atoms with Crippen LogP contribution in [0.1, 0.15) is 6.92 Å². The number of ether oxygens (including phenoxy) is 1. The number of carbonyl (C=O) groups is 1. The fourth-order valence-electron chi connectivity index (χ4n) is 4.35. The van der Waals surface area contributed by atoms with E-state index in [0.717, 1.165) is 40.0 Å². The number of benzene rings is 2. The first kappa shape index (κ1) is 21.8. The number of rotatable bonds is 4. The normalized spacial score (nSPS) is 16.0. The van der Waals surface area contributed by atoms with Crippen LogP contribution in [0.3, 0.4) is 0 Å². The van der Waals surface area contributed by atoms with Gasteiger partial charge in [0, 0.05) is 61.5 Å². The number of urea groups is 1. The summed E-state index contributed by atoms with van der Waals surface area (Å²) in [5.41, 5.74) is 4.76. The van der Waals surface area contributed by atoms with Gasteiger partial charge in [-0.3, -0.25) is 4.68 Å². The molecule has 1 saturated heterocycles. The molecule has 1 atom stereocenters. The Morgan fingerprint density at radius 3 is 2.76 bits per heavy atom. The Morgan fingerprint density at radius 2 is 2.00 bits per heavy atom. The maximum Gasteiger partial charge on any atom is 0.322 e. The van der Waals surface area contributed by atoms with E-state index < -0.39 is 0 Å². The molecule has 2 N–H and O–H groups in total. The topological polar surface area (TPSA) is 97.2 Å². The van der Waals surface area contributed by atoms with Crippen molar-refractivity contribution in [3.63, 3.8) is 0 Å². The summed E-state index contributed by atoms with van der Waals surface area (Å²) in [6, 6.07) is 13.8. The van der Waals surface area contributed by atoms with Crippen LogP contribution >= 0.6 is 0 Å². The summed E-state index contributed by atoms with van der Waals surface area (Å²) in [4.78, 5) is 23.9. The highest BCUT2D eigenvalue weighted by Crippen LogP contribution is 2.37. The van der Waals surface area contributed by atoms with Crippen LogP contribution in [0.4, 0.5) is 10.5 Å². The number of piperazine rings is 1. The Kier molecular flexibility index (Phi) is 5.85. The number of methoxy groups -OCH3 is 1. The lowest BCUT2D eigenvalue weighted by Gasteiger charge is -2.32. The van der Waals surface area contributed by atoms with Gasteiger partial charge in [-0.2, -0.15) is 5.10 Å². The van der Waals surface area contributed by atoms with E-state index in [2.05, 4.69) is 32.6 Å². The van der Waals surface area contributed by atoms with E-state index >= 15 is 0 Å². The fourth-order valence-corrected chi connectivity index (χ4v) is 4.35. The fraction of sp³-hybridized carbons (Fsp3) is 0.280. The highest BCUT2D eigenvalue weighted by atomic mass is 16.5.